The van der Waals surface area contributed by atoms with Gasteiger partial charge in [0.25, 0.3) is 0 Å². The first-order valence-corrected chi connectivity index (χ1v) is 6.68. The maximum Gasteiger partial charge on any atom is 0.122 e. The van der Waals surface area contributed by atoms with Crippen molar-refractivity contribution in [3.8, 4) is 5.75 Å². The number of hydrogen-bond acceptors (Lipinski definition) is 3. The predicted octanol–water partition coefficient (Wildman–Crippen LogP) is 2.32. The van der Waals surface area contributed by atoms with Gasteiger partial charge in [0.05, 0.1) is 19.8 Å². The van der Waals surface area contributed by atoms with Gasteiger partial charge in [-0.25, -0.2) is 0 Å². The Balaban J connectivity index is 2.14. The van der Waals surface area contributed by atoms with E-state index in [1.165, 1.54) is 5.56 Å². The van der Waals surface area contributed by atoms with Crippen LogP contribution in [0.2, 0.25) is 0 Å². The molecule has 0 aliphatic carbocycles. The molecule has 1 aliphatic rings. The summed E-state index contributed by atoms with van der Waals surface area (Å²) in [6.45, 7) is 2.82. The summed E-state index contributed by atoms with van der Waals surface area (Å²) in [7, 11) is 0. The van der Waals surface area contributed by atoms with Gasteiger partial charge in [0.1, 0.15) is 5.75 Å². The van der Waals surface area contributed by atoms with E-state index in [2.05, 4.69) is 13.0 Å². The molecule has 1 aromatic rings. The van der Waals surface area contributed by atoms with Gasteiger partial charge in [-0.2, -0.15) is 0 Å². The van der Waals surface area contributed by atoms with Crippen LogP contribution in [0.4, 0.5) is 0 Å². The Bertz CT molecular complexity index is 385. The molecule has 1 unspecified atom stereocenters. The van der Waals surface area contributed by atoms with Crippen molar-refractivity contribution in [2.45, 2.75) is 32.1 Å². The summed E-state index contributed by atoms with van der Waals surface area (Å²) < 4.78 is 5.66. The van der Waals surface area contributed by atoms with Crippen LogP contribution in [0.5, 0.6) is 5.75 Å². The lowest BCUT2D eigenvalue weighted by Gasteiger charge is -2.31. The summed E-state index contributed by atoms with van der Waals surface area (Å²) in [6, 6.07) is 8.05. The number of para-hydroxylation sites is 1. The molecule has 3 nitrogen and oxygen atoms in total. The molecule has 1 aliphatic heterocycles. The lowest BCUT2D eigenvalue weighted by molar-refractivity contribution is 0.0314. The highest BCUT2D eigenvalue weighted by atomic mass is 16.5. The van der Waals surface area contributed by atoms with Crippen LogP contribution in [0.3, 0.4) is 0 Å². The first kappa shape index (κ1) is 13.4. The average Bonchev–Trinajstić information content (AvgIpc) is 2.81. The fraction of sp³-hybridized carbons (Fsp3) is 0.600. The molecule has 3 heteroatoms. The Morgan fingerprint density at radius 3 is 2.67 bits per heavy atom. The summed E-state index contributed by atoms with van der Waals surface area (Å²) in [6.07, 6.45) is 2.60. The first-order chi connectivity index (χ1) is 8.74. The third-order valence-electron chi connectivity index (χ3n) is 3.93. The number of ether oxygens (including phenoxy) is 1. The summed E-state index contributed by atoms with van der Waals surface area (Å²) in [5.74, 6) is 1.23. The SMILES string of the molecule is CCCC(CO)(CO)CC1COc2ccccc21. The van der Waals surface area contributed by atoms with Gasteiger partial charge < -0.3 is 14.9 Å². The van der Waals surface area contributed by atoms with E-state index in [1.54, 1.807) is 0 Å². The highest BCUT2D eigenvalue weighted by Crippen LogP contribution is 2.42. The van der Waals surface area contributed by atoms with Gasteiger partial charge in [0.2, 0.25) is 0 Å². The minimum atomic E-state index is -0.375. The van der Waals surface area contributed by atoms with Crippen LogP contribution in [0.15, 0.2) is 24.3 Å². The molecule has 2 N–H and O–H groups in total. The lowest BCUT2D eigenvalue weighted by Crippen LogP contribution is -2.32. The second-order valence-corrected chi connectivity index (χ2v) is 5.32. The van der Waals surface area contributed by atoms with Crippen LogP contribution in [-0.2, 0) is 0 Å². The van der Waals surface area contributed by atoms with Crippen LogP contribution >= 0.6 is 0 Å². The molecular weight excluding hydrogens is 228 g/mol. The molecule has 0 bridgehead atoms. The smallest absolute Gasteiger partial charge is 0.122 e. The van der Waals surface area contributed by atoms with Gasteiger partial charge in [0, 0.05) is 16.9 Å². The van der Waals surface area contributed by atoms with E-state index in [0.29, 0.717) is 6.61 Å². The second-order valence-electron chi connectivity index (χ2n) is 5.32. The summed E-state index contributed by atoms with van der Waals surface area (Å²) >= 11 is 0. The first-order valence-electron chi connectivity index (χ1n) is 6.68. The largest absolute Gasteiger partial charge is 0.493 e. The number of benzene rings is 1. The van der Waals surface area contributed by atoms with Gasteiger partial charge >= 0.3 is 0 Å². The van der Waals surface area contributed by atoms with Crippen LogP contribution in [-0.4, -0.2) is 30.0 Å². The predicted molar refractivity (Wildman–Crippen MR) is 70.8 cm³/mol. The average molecular weight is 250 g/mol. The van der Waals surface area contributed by atoms with Crippen LogP contribution in [0.25, 0.3) is 0 Å². The number of fused-ring (bicyclic) bond motifs is 1. The van der Waals surface area contributed by atoms with Crippen molar-refractivity contribution in [2.75, 3.05) is 19.8 Å². The van der Waals surface area contributed by atoms with Gasteiger partial charge in [-0.05, 0) is 18.9 Å². The van der Waals surface area contributed by atoms with Crippen molar-refractivity contribution in [3.05, 3.63) is 29.8 Å². The van der Waals surface area contributed by atoms with E-state index in [9.17, 15) is 10.2 Å². The Hall–Kier alpha value is -1.06. The van der Waals surface area contributed by atoms with E-state index < -0.39 is 0 Å². The molecule has 0 saturated carbocycles. The molecule has 0 amide bonds. The zero-order valence-electron chi connectivity index (χ0n) is 10.9. The Labute approximate surface area is 108 Å². The molecule has 0 saturated heterocycles. The van der Waals surface area contributed by atoms with Crippen LogP contribution in [0, 0.1) is 5.41 Å². The zero-order valence-corrected chi connectivity index (χ0v) is 10.9. The van der Waals surface area contributed by atoms with Gasteiger partial charge in [0.15, 0.2) is 0 Å². The summed E-state index contributed by atoms with van der Waals surface area (Å²) in [4.78, 5) is 0. The summed E-state index contributed by atoms with van der Waals surface area (Å²) in [5.41, 5.74) is 0.833. The molecule has 1 aromatic carbocycles. The highest BCUT2D eigenvalue weighted by Gasteiger charge is 2.35. The fourth-order valence-electron chi connectivity index (χ4n) is 2.89. The van der Waals surface area contributed by atoms with E-state index in [-0.39, 0.29) is 24.5 Å². The van der Waals surface area contributed by atoms with E-state index in [1.807, 2.05) is 18.2 Å². The highest BCUT2D eigenvalue weighted by molar-refractivity contribution is 5.39. The molecular formula is C15H22O3. The van der Waals surface area contributed by atoms with Crippen molar-refractivity contribution in [3.63, 3.8) is 0 Å². The summed E-state index contributed by atoms with van der Waals surface area (Å²) in [5, 5.41) is 19.2. The maximum absolute atomic E-state index is 9.62. The van der Waals surface area contributed by atoms with Crippen molar-refractivity contribution >= 4 is 0 Å². The Kier molecular flexibility index (Phi) is 4.25. The van der Waals surface area contributed by atoms with E-state index >= 15 is 0 Å². The third-order valence-corrected chi connectivity index (χ3v) is 3.93. The van der Waals surface area contributed by atoms with Gasteiger partial charge in [-0.15, -0.1) is 0 Å². The van der Waals surface area contributed by atoms with Gasteiger partial charge in [-0.1, -0.05) is 31.5 Å². The lowest BCUT2D eigenvalue weighted by atomic mass is 9.76. The molecule has 0 fully saturated rings. The molecule has 100 valence electrons. The Morgan fingerprint density at radius 2 is 2.00 bits per heavy atom. The van der Waals surface area contributed by atoms with Crippen molar-refractivity contribution < 1.29 is 14.9 Å². The Morgan fingerprint density at radius 1 is 1.28 bits per heavy atom. The van der Waals surface area contributed by atoms with Crippen molar-refractivity contribution in [2.24, 2.45) is 5.41 Å². The topological polar surface area (TPSA) is 49.7 Å². The minimum Gasteiger partial charge on any atom is -0.493 e. The molecule has 0 radical (unpaired) electrons. The standard InChI is InChI=1S/C15H22O3/c1-2-7-15(10-16,11-17)8-12-9-18-14-6-4-3-5-13(12)14/h3-6,12,16-17H,2,7-11H2,1H3. The number of hydrogen-bond donors (Lipinski definition) is 2. The molecule has 0 aromatic heterocycles. The minimum absolute atomic E-state index is 0.0377. The van der Waals surface area contributed by atoms with Gasteiger partial charge in [-0.3, -0.25) is 0 Å². The fourth-order valence-corrected chi connectivity index (χ4v) is 2.89. The molecule has 0 spiro atoms. The van der Waals surface area contributed by atoms with Crippen molar-refractivity contribution in [1.82, 2.24) is 0 Å². The molecule has 1 atom stereocenters. The zero-order chi connectivity index (χ0) is 13.0. The van der Waals surface area contributed by atoms with E-state index in [0.717, 1.165) is 25.0 Å². The number of aliphatic hydroxyl groups excluding tert-OH is 2. The van der Waals surface area contributed by atoms with E-state index in [4.69, 9.17) is 4.74 Å². The monoisotopic (exact) mass is 250 g/mol. The third kappa shape index (κ3) is 2.52. The molecule has 18 heavy (non-hydrogen) atoms. The molecule has 1 heterocycles. The normalized spacial score (nSPS) is 18.5. The molecule has 2 rings (SSSR count). The van der Waals surface area contributed by atoms with Crippen molar-refractivity contribution in [1.29, 1.82) is 0 Å². The van der Waals surface area contributed by atoms with Crippen LogP contribution in [0.1, 0.15) is 37.7 Å². The maximum atomic E-state index is 9.62. The van der Waals surface area contributed by atoms with Crippen LogP contribution < -0.4 is 4.74 Å². The number of aliphatic hydroxyl groups is 2. The number of rotatable bonds is 6. The second kappa shape index (κ2) is 5.72. The quantitative estimate of drug-likeness (QED) is 0.814.